The number of hydrogen-bond acceptors (Lipinski definition) is 6. The molecule has 0 radical (unpaired) electrons. The minimum absolute atomic E-state index is 0.318. The van der Waals surface area contributed by atoms with E-state index < -0.39 is 29.6 Å². The number of fused-ring (bicyclic) bond motifs is 1. The molecule has 2 N–H and O–H groups in total. The van der Waals surface area contributed by atoms with Gasteiger partial charge in [0.05, 0.1) is 0 Å². The van der Waals surface area contributed by atoms with Crippen LogP contribution in [0.2, 0.25) is 0 Å². The number of carbonyl (C=O) groups is 2. The van der Waals surface area contributed by atoms with Crippen molar-refractivity contribution in [1.82, 2.24) is 5.32 Å². The molecule has 1 aromatic heterocycles. The zero-order chi connectivity index (χ0) is 22.4. The van der Waals surface area contributed by atoms with Gasteiger partial charge in [-0.15, -0.1) is 0 Å². The van der Waals surface area contributed by atoms with Gasteiger partial charge < -0.3 is 19.6 Å². The van der Waals surface area contributed by atoms with Crippen molar-refractivity contribution < 1.29 is 23.8 Å². The summed E-state index contributed by atoms with van der Waals surface area (Å²) in [7, 11) is 0. The molecule has 31 heavy (non-hydrogen) atoms. The first kappa shape index (κ1) is 22.4. The summed E-state index contributed by atoms with van der Waals surface area (Å²) in [5, 5.41) is 12.5. The van der Waals surface area contributed by atoms with Gasteiger partial charge in [-0.2, -0.15) is 11.8 Å². The van der Waals surface area contributed by atoms with Gasteiger partial charge in [0.2, 0.25) is 0 Å². The first-order valence-electron chi connectivity index (χ1n) is 9.71. The van der Waals surface area contributed by atoms with Crippen molar-refractivity contribution in [2.24, 2.45) is 0 Å². The number of ether oxygens (including phenoxy) is 1. The molecule has 7 nitrogen and oxygen atoms in total. The van der Waals surface area contributed by atoms with E-state index in [1.54, 1.807) is 18.2 Å². The quantitative estimate of drug-likeness (QED) is 0.489. The highest BCUT2D eigenvalue weighted by Gasteiger charge is 2.23. The van der Waals surface area contributed by atoms with Gasteiger partial charge in [-0.3, -0.25) is 4.79 Å². The van der Waals surface area contributed by atoms with E-state index in [0.29, 0.717) is 23.5 Å². The Kier molecular flexibility index (Phi) is 7.36. The van der Waals surface area contributed by atoms with E-state index in [-0.39, 0.29) is 0 Å². The highest BCUT2D eigenvalue weighted by atomic mass is 32.2. The topological polar surface area (TPSA) is 106 Å². The largest absolute Gasteiger partial charge is 0.481 e. The minimum Gasteiger partial charge on any atom is -0.481 e. The van der Waals surface area contributed by atoms with Gasteiger partial charge in [-0.25, -0.2) is 9.59 Å². The van der Waals surface area contributed by atoms with Crippen LogP contribution >= 0.6 is 11.8 Å². The molecule has 162 valence electrons. The molecule has 1 amide bonds. The molecule has 3 rings (SSSR count). The number of carbonyl (C=O) groups excluding carboxylic acids is 1. The van der Waals surface area contributed by atoms with Crippen molar-refractivity contribution in [2.45, 2.75) is 25.5 Å². The summed E-state index contributed by atoms with van der Waals surface area (Å²) >= 11 is 1.51. The van der Waals surface area contributed by atoms with Crippen molar-refractivity contribution in [1.29, 1.82) is 0 Å². The lowest BCUT2D eigenvalue weighted by atomic mass is 10.0. The van der Waals surface area contributed by atoms with Crippen LogP contribution in [0.25, 0.3) is 22.1 Å². The van der Waals surface area contributed by atoms with Crippen LogP contribution in [-0.2, 0) is 9.59 Å². The van der Waals surface area contributed by atoms with Crippen LogP contribution in [0.3, 0.4) is 0 Å². The van der Waals surface area contributed by atoms with Gasteiger partial charge in [0.15, 0.2) is 6.10 Å². The van der Waals surface area contributed by atoms with E-state index in [0.717, 1.165) is 16.5 Å². The second-order valence-corrected chi connectivity index (χ2v) is 7.93. The van der Waals surface area contributed by atoms with Gasteiger partial charge in [-0.1, -0.05) is 30.3 Å². The molecule has 2 atom stereocenters. The van der Waals surface area contributed by atoms with Gasteiger partial charge in [0.25, 0.3) is 5.91 Å². The zero-order valence-corrected chi connectivity index (χ0v) is 18.0. The van der Waals surface area contributed by atoms with E-state index in [1.807, 2.05) is 36.6 Å². The van der Waals surface area contributed by atoms with E-state index in [2.05, 4.69) is 5.32 Å². The molecular weight excluding hydrogens is 418 g/mol. The van der Waals surface area contributed by atoms with Gasteiger partial charge in [0, 0.05) is 17.5 Å². The van der Waals surface area contributed by atoms with Crippen molar-refractivity contribution in [3.63, 3.8) is 0 Å². The van der Waals surface area contributed by atoms with Crippen LogP contribution in [0, 0.1) is 0 Å². The lowest BCUT2D eigenvalue weighted by molar-refractivity contribution is -0.142. The number of rotatable bonds is 9. The van der Waals surface area contributed by atoms with E-state index in [4.69, 9.17) is 9.15 Å². The minimum atomic E-state index is -1.09. The summed E-state index contributed by atoms with van der Waals surface area (Å²) in [5.41, 5.74) is 1.46. The van der Waals surface area contributed by atoms with Crippen LogP contribution in [0.4, 0.5) is 0 Å². The number of thioether (sulfide) groups is 1. The number of amides is 1. The van der Waals surface area contributed by atoms with Crippen molar-refractivity contribution in [2.75, 3.05) is 12.0 Å². The maximum absolute atomic E-state index is 12.4. The Morgan fingerprint density at radius 1 is 1.16 bits per heavy atom. The molecule has 1 unspecified atom stereocenters. The van der Waals surface area contributed by atoms with Crippen LogP contribution < -0.4 is 15.7 Å². The Bertz CT molecular complexity index is 1130. The number of hydrogen-bond donors (Lipinski definition) is 2. The van der Waals surface area contributed by atoms with Crippen LogP contribution in [-0.4, -0.2) is 41.1 Å². The number of aliphatic carboxylic acids is 1. The smallest absolute Gasteiger partial charge is 0.336 e. The molecule has 0 aliphatic carbocycles. The van der Waals surface area contributed by atoms with E-state index >= 15 is 0 Å². The second-order valence-electron chi connectivity index (χ2n) is 6.94. The third kappa shape index (κ3) is 5.67. The molecule has 0 saturated heterocycles. The summed E-state index contributed by atoms with van der Waals surface area (Å²) in [4.78, 5) is 35.8. The predicted molar refractivity (Wildman–Crippen MR) is 121 cm³/mol. The summed E-state index contributed by atoms with van der Waals surface area (Å²) in [5.74, 6) is -0.678. The van der Waals surface area contributed by atoms with E-state index in [9.17, 15) is 19.5 Å². The van der Waals surface area contributed by atoms with Crippen molar-refractivity contribution in [3.05, 3.63) is 65.0 Å². The molecule has 3 aromatic rings. The summed E-state index contributed by atoms with van der Waals surface area (Å²) in [6.07, 6.45) is 1.25. The van der Waals surface area contributed by atoms with Crippen LogP contribution in [0.1, 0.15) is 13.3 Å². The predicted octanol–water partition coefficient (Wildman–Crippen LogP) is 3.55. The maximum Gasteiger partial charge on any atom is 0.336 e. The number of benzene rings is 2. The second kappa shape index (κ2) is 10.2. The van der Waals surface area contributed by atoms with Gasteiger partial charge in [-0.05, 0) is 48.6 Å². The molecule has 0 saturated carbocycles. The average molecular weight is 442 g/mol. The Hall–Kier alpha value is -3.26. The summed E-state index contributed by atoms with van der Waals surface area (Å²) in [6.45, 7) is 1.53. The third-order valence-electron chi connectivity index (χ3n) is 4.71. The number of carboxylic acid groups (broad SMARTS) is 1. The molecule has 1 heterocycles. The monoisotopic (exact) mass is 441 g/mol. The molecule has 0 aliphatic heterocycles. The molecule has 2 aromatic carbocycles. The molecule has 0 bridgehead atoms. The van der Waals surface area contributed by atoms with E-state index in [1.165, 1.54) is 24.8 Å². The summed E-state index contributed by atoms with van der Waals surface area (Å²) < 4.78 is 11.0. The lowest BCUT2D eigenvalue weighted by Gasteiger charge is -2.19. The Labute approximate surface area is 183 Å². The third-order valence-corrected chi connectivity index (χ3v) is 5.35. The molecule has 0 fully saturated rings. The van der Waals surface area contributed by atoms with Crippen LogP contribution in [0.15, 0.2) is 63.8 Å². The lowest BCUT2D eigenvalue weighted by Crippen LogP contribution is -2.46. The maximum atomic E-state index is 12.4. The van der Waals surface area contributed by atoms with Crippen LogP contribution in [0.5, 0.6) is 5.75 Å². The zero-order valence-electron chi connectivity index (χ0n) is 17.2. The fourth-order valence-corrected chi connectivity index (χ4v) is 3.58. The average Bonchev–Trinajstić information content (AvgIpc) is 2.76. The highest BCUT2D eigenvalue weighted by molar-refractivity contribution is 7.98. The SMILES string of the molecule is CSCC[C@H](NC(=O)C(C)Oc1ccc2c(-c3ccccc3)cc(=O)oc2c1)C(=O)O. The Balaban J connectivity index is 1.80. The molecule has 8 heteroatoms. The first-order chi connectivity index (χ1) is 14.9. The standard InChI is InChI=1S/C23H23NO6S/c1-14(22(26)24-19(23(27)28)10-11-31-2)29-16-8-9-17-18(15-6-4-3-5-7-15)13-21(25)30-20(17)12-16/h3-9,12-14,19H,10-11H2,1-2H3,(H,24,26)(H,27,28)/t14?,19-/m0/s1. The molecule has 0 aliphatic rings. The number of carboxylic acids is 1. The van der Waals surface area contributed by atoms with Gasteiger partial charge >= 0.3 is 11.6 Å². The highest BCUT2D eigenvalue weighted by Crippen LogP contribution is 2.29. The molecule has 0 spiro atoms. The Morgan fingerprint density at radius 3 is 2.58 bits per heavy atom. The summed E-state index contributed by atoms with van der Waals surface area (Å²) in [6, 6.07) is 14.9. The normalized spacial score (nSPS) is 12.8. The first-order valence-corrected chi connectivity index (χ1v) is 11.1. The van der Waals surface area contributed by atoms with Crippen molar-refractivity contribution >= 4 is 34.6 Å². The number of nitrogens with one attached hydrogen (secondary N) is 1. The van der Waals surface area contributed by atoms with Crippen molar-refractivity contribution in [3.8, 4) is 16.9 Å². The fourth-order valence-electron chi connectivity index (χ4n) is 3.11. The fraction of sp³-hybridized carbons (Fsp3) is 0.261. The molecular formula is C23H23NO6S. The Morgan fingerprint density at radius 2 is 1.90 bits per heavy atom. The van der Waals surface area contributed by atoms with Gasteiger partial charge in [0.1, 0.15) is 17.4 Å².